The smallest absolute Gasteiger partial charge is 0.425 e. The van der Waals surface area contributed by atoms with E-state index in [1.165, 1.54) is 18.3 Å². The first kappa shape index (κ1) is 22.4. The fourth-order valence-electron chi connectivity index (χ4n) is 2.62. The third-order valence-electron chi connectivity index (χ3n) is 4.15. The van der Waals surface area contributed by atoms with Crippen molar-refractivity contribution in [2.45, 2.75) is 24.1 Å². The molecule has 3 aromatic rings. The molecule has 6 nitrogen and oxygen atoms in total. The molecule has 1 heterocycles. The van der Waals surface area contributed by atoms with Crippen molar-refractivity contribution >= 4 is 49.8 Å². The summed E-state index contributed by atoms with van der Waals surface area (Å²) in [6, 6.07) is 5.85. The summed E-state index contributed by atoms with van der Waals surface area (Å²) in [6.07, 6.45) is -4.75. The maximum atomic E-state index is 13.1. The number of ether oxygens (including phenoxy) is 1. The third-order valence-corrected chi connectivity index (χ3v) is 5.76. The molecule has 30 heavy (non-hydrogen) atoms. The molecule has 0 spiro atoms. The Labute approximate surface area is 179 Å². The lowest BCUT2D eigenvalue weighted by atomic mass is 10.1. The Kier molecular flexibility index (Phi) is 5.78. The lowest BCUT2D eigenvalue weighted by Gasteiger charge is -2.20. The standard InChI is InChI=1S/C18H13Cl2F3N2O4S/c1-9(18(21,22)23)29-15-4-3-12(30(2,27)28)7-13(15)17(26)25-16-10(8-24-25)5-11(19)6-14(16)20/h3-9H,1-2H3/t9-/m0/s1. The average Bonchev–Trinajstić information content (AvgIpc) is 3.03. The topological polar surface area (TPSA) is 78.3 Å². The number of rotatable bonds is 4. The fourth-order valence-corrected chi connectivity index (χ4v) is 3.86. The molecule has 0 saturated carbocycles. The molecule has 1 atom stereocenters. The van der Waals surface area contributed by atoms with Crippen molar-refractivity contribution in [3.63, 3.8) is 0 Å². The number of benzene rings is 2. The van der Waals surface area contributed by atoms with Crippen LogP contribution in [0.25, 0.3) is 10.9 Å². The maximum absolute atomic E-state index is 13.1. The highest BCUT2D eigenvalue weighted by atomic mass is 35.5. The fraction of sp³-hybridized carbons (Fsp3) is 0.222. The lowest BCUT2D eigenvalue weighted by Crippen LogP contribution is -2.32. The summed E-state index contributed by atoms with van der Waals surface area (Å²) in [6.45, 7) is 0.765. The third kappa shape index (κ3) is 4.40. The number of hydrogen-bond donors (Lipinski definition) is 0. The Morgan fingerprint density at radius 2 is 1.87 bits per heavy atom. The van der Waals surface area contributed by atoms with Gasteiger partial charge in [0.1, 0.15) is 5.75 Å². The van der Waals surface area contributed by atoms with Crippen molar-refractivity contribution in [2.75, 3.05) is 6.26 Å². The molecule has 0 aliphatic rings. The Morgan fingerprint density at radius 1 is 1.20 bits per heavy atom. The highest BCUT2D eigenvalue weighted by Gasteiger charge is 2.39. The molecule has 160 valence electrons. The van der Waals surface area contributed by atoms with E-state index in [-0.39, 0.29) is 15.4 Å². The second-order valence-corrected chi connectivity index (χ2v) is 9.28. The van der Waals surface area contributed by atoms with Gasteiger partial charge >= 0.3 is 6.18 Å². The van der Waals surface area contributed by atoms with Crippen LogP contribution in [0.4, 0.5) is 13.2 Å². The van der Waals surface area contributed by atoms with E-state index in [1.54, 1.807) is 0 Å². The van der Waals surface area contributed by atoms with E-state index in [2.05, 4.69) is 5.10 Å². The molecule has 0 N–H and O–H groups in total. The molecular formula is C18H13Cl2F3N2O4S. The van der Waals surface area contributed by atoms with Gasteiger partial charge in [-0.25, -0.2) is 8.42 Å². The Hall–Kier alpha value is -2.30. The van der Waals surface area contributed by atoms with Gasteiger partial charge in [-0.3, -0.25) is 4.79 Å². The minimum absolute atomic E-state index is 0.0775. The van der Waals surface area contributed by atoms with Crippen molar-refractivity contribution in [3.05, 3.63) is 52.1 Å². The summed E-state index contributed by atoms with van der Waals surface area (Å²) >= 11 is 12.1. The van der Waals surface area contributed by atoms with E-state index < -0.39 is 39.3 Å². The molecular weight excluding hydrogens is 468 g/mol. The van der Waals surface area contributed by atoms with Gasteiger partial charge in [0.25, 0.3) is 5.91 Å². The number of carbonyl (C=O) groups is 1. The predicted octanol–water partition coefficient (Wildman–Crippen LogP) is 4.76. The van der Waals surface area contributed by atoms with Crippen LogP contribution in [0.15, 0.2) is 41.4 Å². The normalized spacial score (nSPS) is 13.4. The number of hydrogen-bond acceptors (Lipinski definition) is 5. The van der Waals surface area contributed by atoms with Gasteiger partial charge in [0.15, 0.2) is 15.9 Å². The van der Waals surface area contributed by atoms with Crippen LogP contribution in [0.3, 0.4) is 0 Å². The van der Waals surface area contributed by atoms with Crippen molar-refractivity contribution in [1.82, 2.24) is 9.78 Å². The average molecular weight is 481 g/mol. The SMILES string of the molecule is C[C@H](Oc1ccc(S(C)(=O)=O)cc1C(=O)n1ncc2cc(Cl)cc(Cl)c21)C(F)(F)F. The first-order valence-corrected chi connectivity index (χ1v) is 10.9. The molecule has 0 radical (unpaired) electrons. The van der Waals surface area contributed by atoms with Gasteiger partial charge in [0.05, 0.1) is 27.2 Å². The van der Waals surface area contributed by atoms with Crippen molar-refractivity contribution in [1.29, 1.82) is 0 Å². The summed E-state index contributed by atoms with van der Waals surface area (Å²) in [5, 5.41) is 4.71. The number of sulfone groups is 1. The van der Waals surface area contributed by atoms with Gasteiger partial charge < -0.3 is 4.74 Å². The monoisotopic (exact) mass is 480 g/mol. The zero-order valence-corrected chi connectivity index (χ0v) is 17.7. The van der Waals surface area contributed by atoms with E-state index in [9.17, 15) is 26.4 Å². The van der Waals surface area contributed by atoms with Crippen LogP contribution < -0.4 is 4.74 Å². The van der Waals surface area contributed by atoms with Crippen LogP contribution in [0.1, 0.15) is 17.3 Å². The molecule has 0 fully saturated rings. The van der Waals surface area contributed by atoms with E-state index in [1.807, 2.05) is 0 Å². The number of aromatic nitrogens is 2. The molecule has 0 unspecified atom stereocenters. The van der Waals surface area contributed by atoms with Gasteiger partial charge in [-0.1, -0.05) is 23.2 Å². The minimum atomic E-state index is -4.70. The minimum Gasteiger partial charge on any atom is -0.480 e. The van der Waals surface area contributed by atoms with Gasteiger partial charge in [-0.15, -0.1) is 0 Å². The molecule has 3 rings (SSSR count). The van der Waals surface area contributed by atoms with Crippen LogP contribution >= 0.6 is 23.2 Å². The number of halogens is 5. The number of fused-ring (bicyclic) bond motifs is 1. The van der Waals surface area contributed by atoms with Crippen LogP contribution in [0.5, 0.6) is 5.75 Å². The predicted molar refractivity (Wildman–Crippen MR) is 105 cm³/mol. The van der Waals surface area contributed by atoms with Crippen LogP contribution in [0.2, 0.25) is 10.0 Å². The van der Waals surface area contributed by atoms with Crippen molar-refractivity contribution in [3.8, 4) is 5.75 Å². The van der Waals surface area contributed by atoms with Crippen molar-refractivity contribution < 1.29 is 31.1 Å². The van der Waals surface area contributed by atoms with Crippen LogP contribution in [-0.4, -0.2) is 42.6 Å². The Bertz CT molecular complexity index is 1260. The van der Waals surface area contributed by atoms with Gasteiger partial charge in [-0.05, 0) is 37.3 Å². The molecule has 1 aromatic heterocycles. The van der Waals surface area contributed by atoms with E-state index in [4.69, 9.17) is 27.9 Å². The molecule has 0 bridgehead atoms. The van der Waals surface area contributed by atoms with Gasteiger partial charge in [0, 0.05) is 16.7 Å². The number of alkyl halides is 3. The summed E-state index contributed by atoms with van der Waals surface area (Å²) in [4.78, 5) is 12.9. The second-order valence-electron chi connectivity index (χ2n) is 6.42. The number of nitrogens with zero attached hydrogens (tertiary/aromatic N) is 2. The molecule has 0 amide bonds. The second kappa shape index (κ2) is 7.75. The Balaban J connectivity index is 2.18. The first-order chi connectivity index (χ1) is 13.8. The number of carbonyl (C=O) groups excluding carboxylic acids is 1. The molecule has 0 aliphatic heterocycles. The molecule has 0 aliphatic carbocycles. The molecule has 2 aromatic carbocycles. The highest BCUT2D eigenvalue weighted by Crippen LogP contribution is 2.32. The van der Waals surface area contributed by atoms with Gasteiger partial charge in [0.2, 0.25) is 0 Å². The summed E-state index contributed by atoms with van der Waals surface area (Å²) in [5.41, 5.74) is -0.268. The van der Waals surface area contributed by atoms with E-state index >= 15 is 0 Å². The zero-order valence-electron chi connectivity index (χ0n) is 15.4. The largest absolute Gasteiger partial charge is 0.480 e. The maximum Gasteiger partial charge on any atom is 0.425 e. The molecule has 12 heteroatoms. The van der Waals surface area contributed by atoms with E-state index in [0.29, 0.717) is 10.4 Å². The van der Waals surface area contributed by atoms with Crippen molar-refractivity contribution in [2.24, 2.45) is 0 Å². The molecule has 0 saturated heterocycles. The van der Waals surface area contributed by atoms with Crippen LogP contribution in [0, 0.1) is 0 Å². The van der Waals surface area contributed by atoms with E-state index in [0.717, 1.165) is 36.1 Å². The van der Waals surface area contributed by atoms with Crippen LogP contribution in [-0.2, 0) is 9.84 Å². The lowest BCUT2D eigenvalue weighted by molar-refractivity contribution is -0.189. The first-order valence-electron chi connectivity index (χ1n) is 8.24. The quantitative estimate of drug-likeness (QED) is 0.537. The Morgan fingerprint density at radius 3 is 2.47 bits per heavy atom. The summed E-state index contributed by atoms with van der Waals surface area (Å²) in [7, 11) is -3.76. The van der Waals surface area contributed by atoms with Gasteiger partial charge in [-0.2, -0.15) is 23.0 Å². The highest BCUT2D eigenvalue weighted by molar-refractivity contribution is 7.90. The summed E-state index contributed by atoms with van der Waals surface area (Å²) < 4.78 is 68.4. The summed E-state index contributed by atoms with van der Waals surface area (Å²) in [5.74, 6) is -1.38. The zero-order chi connectivity index (χ0) is 22.4.